The van der Waals surface area contributed by atoms with Crippen molar-refractivity contribution in [2.24, 2.45) is 17.8 Å². The number of nitrogens with zero attached hydrogens (tertiary/aromatic N) is 1. The molecular formula is C31H50N5O6S+. The number of carbonyl (C=O) groups excluding carboxylic acids is 3. The van der Waals surface area contributed by atoms with E-state index in [4.69, 9.17) is 4.74 Å². The quantitative estimate of drug-likeness (QED) is 0.179. The van der Waals surface area contributed by atoms with Gasteiger partial charge in [-0.05, 0) is 52.4 Å². The summed E-state index contributed by atoms with van der Waals surface area (Å²) in [4.78, 5) is 43.2. The predicted octanol–water partition coefficient (Wildman–Crippen LogP) is 2.74. The van der Waals surface area contributed by atoms with Crippen LogP contribution in [0.15, 0.2) is 24.3 Å². The van der Waals surface area contributed by atoms with Gasteiger partial charge in [0.15, 0.2) is 6.21 Å². The molecule has 0 spiro atoms. The third-order valence-corrected chi connectivity index (χ3v) is 8.11. The molecule has 43 heavy (non-hydrogen) atoms. The van der Waals surface area contributed by atoms with Gasteiger partial charge < -0.3 is 15.4 Å². The summed E-state index contributed by atoms with van der Waals surface area (Å²) in [7, 11) is -3.61. The lowest BCUT2D eigenvalue weighted by molar-refractivity contribution is -0.433. The molecule has 2 aliphatic rings. The molecule has 0 saturated carbocycles. The van der Waals surface area contributed by atoms with E-state index in [1.165, 1.54) is 0 Å². The van der Waals surface area contributed by atoms with Crippen LogP contribution in [0.1, 0.15) is 84.6 Å². The van der Waals surface area contributed by atoms with Gasteiger partial charge in [-0.25, -0.2) is 18.4 Å². The summed E-state index contributed by atoms with van der Waals surface area (Å²) < 4.78 is 31.3. The lowest BCUT2D eigenvalue weighted by atomic mass is 9.83. The van der Waals surface area contributed by atoms with Crippen LogP contribution in [-0.2, 0) is 29.1 Å². The number of hydrazine groups is 1. The number of nitrogens with one attached hydrogen (secondary N) is 4. The molecule has 1 aromatic carbocycles. The Hall–Kier alpha value is -2.83. The number of ether oxygens (including phenoxy) is 1. The van der Waals surface area contributed by atoms with Gasteiger partial charge in [0.1, 0.15) is 18.2 Å². The van der Waals surface area contributed by atoms with Crippen molar-refractivity contribution in [1.29, 1.82) is 0 Å². The van der Waals surface area contributed by atoms with Crippen LogP contribution >= 0.6 is 0 Å². The summed E-state index contributed by atoms with van der Waals surface area (Å²) in [6, 6.07) is 7.32. The van der Waals surface area contributed by atoms with Gasteiger partial charge in [0.2, 0.25) is 27.5 Å². The summed E-state index contributed by atoms with van der Waals surface area (Å²) in [5.74, 6) is -3.26. The molecule has 2 heterocycles. The van der Waals surface area contributed by atoms with Crippen LogP contribution in [-0.4, -0.2) is 74.5 Å². The number of esters is 1. The Morgan fingerprint density at radius 2 is 1.79 bits per heavy atom. The second-order valence-electron chi connectivity index (χ2n) is 13.1. The van der Waals surface area contributed by atoms with Gasteiger partial charge in [-0.1, -0.05) is 38.5 Å². The fourth-order valence-corrected chi connectivity index (χ4v) is 6.04. The maximum atomic E-state index is 14.1. The molecule has 2 unspecified atom stereocenters. The number of sulfonamides is 1. The number of fused-ring (bicyclic) bond motifs is 4. The molecule has 240 valence electrons. The van der Waals surface area contributed by atoms with Crippen molar-refractivity contribution in [3.63, 3.8) is 0 Å². The normalized spacial score (nSPS) is 21.3. The Bertz CT molecular complexity index is 1270. The summed E-state index contributed by atoms with van der Waals surface area (Å²) in [6.45, 7) is 10.3. The molecule has 2 bridgehead atoms. The van der Waals surface area contributed by atoms with Crippen molar-refractivity contribution in [2.45, 2.75) is 90.7 Å². The Morgan fingerprint density at radius 1 is 1.09 bits per heavy atom. The number of para-hydroxylation sites is 1. The van der Waals surface area contributed by atoms with Crippen LogP contribution in [0.25, 0.3) is 0 Å². The fourth-order valence-electron chi connectivity index (χ4n) is 5.69. The number of hydrogen-bond donors (Lipinski definition) is 4. The zero-order chi connectivity index (χ0) is 31.8. The van der Waals surface area contributed by atoms with Gasteiger partial charge in [-0.3, -0.25) is 14.4 Å². The Morgan fingerprint density at radius 3 is 2.47 bits per heavy atom. The molecule has 0 aromatic heterocycles. The zero-order valence-electron chi connectivity index (χ0n) is 26.4. The van der Waals surface area contributed by atoms with Crippen molar-refractivity contribution in [1.82, 2.24) is 20.9 Å². The Balaban J connectivity index is 1.91. The van der Waals surface area contributed by atoms with Crippen LogP contribution in [0.3, 0.4) is 0 Å². The van der Waals surface area contributed by atoms with Crippen LogP contribution in [0, 0.1) is 17.8 Å². The summed E-state index contributed by atoms with van der Waals surface area (Å²) in [6.07, 6.45) is 7.82. The maximum absolute atomic E-state index is 14.1. The molecule has 0 fully saturated rings. The first kappa shape index (κ1) is 34.7. The van der Waals surface area contributed by atoms with E-state index < -0.39 is 45.4 Å². The third kappa shape index (κ3) is 11.0. The van der Waals surface area contributed by atoms with E-state index in [9.17, 15) is 22.8 Å². The smallest absolute Gasteiger partial charge is 0.311 e. The SMILES string of the molecule is CC(C)C[C@@H](C(=O)N[C@H]1CC2C=[N+](CCCCCCNC1=O)c1ccccc12)C(CNNS(C)(=O)=O)C(=O)OC(C)(C)C. The Labute approximate surface area is 256 Å². The molecule has 3 rings (SSSR count). The van der Waals surface area contributed by atoms with E-state index in [2.05, 4.69) is 43.8 Å². The van der Waals surface area contributed by atoms with Crippen molar-refractivity contribution in [3.8, 4) is 0 Å². The minimum atomic E-state index is -3.61. The molecule has 0 radical (unpaired) electrons. The molecule has 4 N–H and O–H groups in total. The highest BCUT2D eigenvalue weighted by Crippen LogP contribution is 2.35. The minimum Gasteiger partial charge on any atom is -0.460 e. The molecule has 2 amide bonds. The van der Waals surface area contributed by atoms with E-state index >= 15 is 0 Å². The molecule has 4 atom stereocenters. The molecule has 0 aliphatic carbocycles. The lowest BCUT2D eigenvalue weighted by Gasteiger charge is -2.31. The average molecular weight is 621 g/mol. The van der Waals surface area contributed by atoms with Crippen LogP contribution in [0.5, 0.6) is 0 Å². The minimum absolute atomic E-state index is 0.0287. The third-order valence-electron chi connectivity index (χ3n) is 7.59. The van der Waals surface area contributed by atoms with E-state index in [1.807, 2.05) is 26.0 Å². The standard InChI is InChI=1S/C31H49N5O6S/c1-21(2)17-24(25(19-33-35-43(6,40)41)30(39)42-31(3,4)5)28(37)34-26-18-22-20-36(27-14-10-9-13-23(22)27)16-12-8-7-11-15-32-29(26)38/h9-10,13-14,20-22,24-26,33,35H,7-8,11-12,15-19H2,1-6H3,(H-,32,34,37,38)/p+1/t22?,24-,25?,26+/m1/s1. The first-order valence-corrected chi connectivity index (χ1v) is 17.2. The molecular weight excluding hydrogens is 570 g/mol. The number of hydrogen-bond acceptors (Lipinski definition) is 7. The van der Waals surface area contributed by atoms with E-state index in [0.29, 0.717) is 19.4 Å². The fraction of sp³-hybridized carbons (Fsp3) is 0.677. The molecule has 11 nitrogen and oxygen atoms in total. The highest BCUT2D eigenvalue weighted by Gasteiger charge is 2.40. The first-order valence-electron chi connectivity index (χ1n) is 15.4. The number of benzene rings is 1. The largest absolute Gasteiger partial charge is 0.460 e. The van der Waals surface area contributed by atoms with Crippen molar-refractivity contribution >= 4 is 39.7 Å². The van der Waals surface area contributed by atoms with Gasteiger partial charge in [-0.15, -0.1) is 0 Å². The molecule has 12 heteroatoms. The lowest BCUT2D eigenvalue weighted by Crippen LogP contribution is -2.53. The highest BCUT2D eigenvalue weighted by atomic mass is 32.2. The van der Waals surface area contributed by atoms with Crippen LogP contribution < -0.4 is 20.9 Å². The predicted molar refractivity (Wildman–Crippen MR) is 166 cm³/mol. The number of amides is 2. The number of carbonyl (C=O) groups is 3. The second-order valence-corrected chi connectivity index (χ2v) is 14.9. The maximum Gasteiger partial charge on any atom is 0.311 e. The molecule has 2 aliphatic heterocycles. The zero-order valence-corrected chi connectivity index (χ0v) is 27.3. The second kappa shape index (κ2) is 15.3. The first-order chi connectivity index (χ1) is 20.1. The van der Waals surface area contributed by atoms with Gasteiger partial charge in [0.05, 0.1) is 24.0 Å². The van der Waals surface area contributed by atoms with Crippen molar-refractivity contribution < 1.29 is 32.1 Å². The highest BCUT2D eigenvalue weighted by molar-refractivity contribution is 7.88. The van der Waals surface area contributed by atoms with Gasteiger partial charge in [0, 0.05) is 31.1 Å². The van der Waals surface area contributed by atoms with Gasteiger partial charge >= 0.3 is 5.97 Å². The Kier molecular flexibility index (Phi) is 12.3. The van der Waals surface area contributed by atoms with E-state index in [-0.39, 0.29) is 24.3 Å². The molecule has 1 aromatic rings. The van der Waals surface area contributed by atoms with Crippen LogP contribution in [0.2, 0.25) is 0 Å². The van der Waals surface area contributed by atoms with Crippen LogP contribution in [0.4, 0.5) is 5.69 Å². The van der Waals surface area contributed by atoms with Crippen molar-refractivity contribution in [3.05, 3.63) is 29.8 Å². The summed E-state index contributed by atoms with van der Waals surface area (Å²) >= 11 is 0. The van der Waals surface area contributed by atoms with Crippen molar-refractivity contribution in [2.75, 3.05) is 25.9 Å². The van der Waals surface area contributed by atoms with E-state index in [1.54, 1.807) is 20.8 Å². The number of rotatable bonds is 10. The average Bonchev–Trinajstić information content (AvgIpc) is 3.24. The summed E-state index contributed by atoms with van der Waals surface area (Å²) in [5.41, 5.74) is 4.02. The summed E-state index contributed by atoms with van der Waals surface area (Å²) in [5, 5.41) is 6.01. The van der Waals surface area contributed by atoms with Gasteiger partial charge in [-0.2, -0.15) is 4.83 Å². The van der Waals surface area contributed by atoms with Gasteiger partial charge in [0.25, 0.3) is 0 Å². The molecule has 0 saturated heterocycles. The van der Waals surface area contributed by atoms with E-state index in [0.717, 1.165) is 49.7 Å². The monoisotopic (exact) mass is 620 g/mol. The topological polar surface area (TPSA) is 146 Å².